The van der Waals surface area contributed by atoms with Crippen LogP contribution in [-0.4, -0.2) is 25.7 Å². The Balaban J connectivity index is 1.80. The molecule has 4 nitrogen and oxygen atoms in total. The van der Waals surface area contributed by atoms with Crippen LogP contribution in [0.25, 0.3) is 0 Å². The van der Waals surface area contributed by atoms with E-state index in [0.29, 0.717) is 32.6 Å². The molecular weight excluding hydrogens is 228 g/mol. The number of nitrogens with zero attached hydrogens (tertiary/aromatic N) is 1. The molecule has 0 aromatic heterocycles. The van der Waals surface area contributed by atoms with Crippen LogP contribution in [0.3, 0.4) is 0 Å². The molecule has 2 rings (SSSR count). The van der Waals surface area contributed by atoms with E-state index in [1.54, 1.807) is 0 Å². The van der Waals surface area contributed by atoms with Gasteiger partial charge in [0.1, 0.15) is 5.41 Å². The lowest BCUT2D eigenvalue weighted by molar-refractivity contribution is -0.132. The molecule has 0 spiro atoms. The fraction of sp³-hybridized carbons (Fsp3) is 0.714. The van der Waals surface area contributed by atoms with Crippen molar-refractivity contribution in [2.45, 2.75) is 38.5 Å². The highest BCUT2D eigenvalue weighted by atomic mass is 16.5. The molecule has 2 aliphatic rings. The smallest absolute Gasteiger partial charge is 0.240 e. The van der Waals surface area contributed by atoms with Gasteiger partial charge in [0.15, 0.2) is 0 Å². The summed E-state index contributed by atoms with van der Waals surface area (Å²) < 4.78 is 5.22. The van der Waals surface area contributed by atoms with Crippen molar-refractivity contribution in [3.05, 3.63) is 11.6 Å². The van der Waals surface area contributed by atoms with Crippen molar-refractivity contribution in [3.8, 4) is 6.07 Å². The van der Waals surface area contributed by atoms with Crippen molar-refractivity contribution in [2.24, 2.45) is 5.41 Å². The molecule has 0 aromatic carbocycles. The van der Waals surface area contributed by atoms with Crippen molar-refractivity contribution in [1.82, 2.24) is 5.32 Å². The Bertz CT molecular complexity index is 376. The van der Waals surface area contributed by atoms with Gasteiger partial charge in [-0.2, -0.15) is 5.26 Å². The lowest BCUT2D eigenvalue weighted by atomic mass is 9.81. The van der Waals surface area contributed by atoms with Gasteiger partial charge in [-0.15, -0.1) is 0 Å². The summed E-state index contributed by atoms with van der Waals surface area (Å²) in [6.07, 6.45) is 7.78. The van der Waals surface area contributed by atoms with Crippen LogP contribution in [-0.2, 0) is 9.53 Å². The average Bonchev–Trinajstić information content (AvgIpc) is 2.92. The maximum absolute atomic E-state index is 12.1. The summed E-state index contributed by atoms with van der Waals surface area (Å²) in [5.41, 5.74) is 0.579. The van der Waals surface area contributed by atoms with E-state index in [4.69, 9.17) is 4.74 Å². The van der Waals surface area contributed by atoms with Gasteiger partial charge in [-0.25, -0.2) is 0 Å². The van der Waals surface area contributed by atoms with Crippen LogP contribution in [0.4, 0.5) is 0 Å². The number of rotatable bonds is 4. The lowest BCUT2D eigenvalue weighted by Crippen LogP contribution is -2.44. The molecule has 0 unspecified atom stereocenters. The Kier molecular flexibility index (Phi) is 4.38. The van der Waals surface area contributed by atoms with Gasteiger partial charge < -0.3 is 10.1 Å². The normalized spacial score (nSPS) is 22.1. The van der Waals surface area contributed by atoms with E-state index in [9.17, 15) is 10.1 Å². The molecule has 1 heterocycles. The van der Waals surface area contributed by atoms with Crippen LogP contribution >= 0.6 is 0 Å². The second-order valence-corrected chi connectivity index (χ2v) is 5.07. The minimum Gasteiger partial charge on any atom is -0.381 e. The molecular formula is C14H20N2O2. The lowest BCUT2D eigenvalue weighted by Gasteiger charge is -2.29. The number of hydrogen-bond acceptors (Lipinski definition) is 3. The standard InChI is InChI=1S/C14H20N2O2/c15-11-14(6-9-18-10-7-14)13(17)16-8-5-12-3-1-2-4-12/h3H,1-2,4-10H2,(H,16,17). The quantitative estimate of drug-likeness (QED) is 0.773. The van der Waals surface area contributed by atoms with Gasteiger partial charge in [0.05, 0.1) is 6.07 Å². The molecule has 98 valence electrons. The van der Waals surface area contributed by atoms with Crippen LogP contribution in [0, 0.1) is 16.7 Å². The molecule has 1 aliphatic heterocycles. The first kappa shape index (κ1) is 13.1. The number of carbonyl (C=O) groups excluding carboxylic acids is 1. The number of amides is 1. The van der Waals surface area contributed by atoms with Crippen molar-refractivity contribution in [2.75, 3.05) is 19.8 Å². The summed E-state index contributed by atoms with van der Waals surface area (Å²) in [5, 5.41) is 12.2. The fourth-order valence-electron chi connectivity index (χ4n) is 2.58. The first-order chi connectivity index (χ1) is 8.77. The van der Waals surface area contributed by atoms with Gasteiger partial charge >= 0.3 is 0 Å². The summed E-state index contributed by atoms with van der Waals surface area (Å²) in [7, 11) is 0. The predicted molar refractivity (Wildman–Crippen MR) is 67.7 cm³/mol. The number of ether oxygens (including phenoxy) is 1. The second kappa shape index (κ2) is 6.01. The van der Waals surface area contributed by atoms with E-state index in [2.05, 4.69) is 17.5 Å². The third kappa shape index (κ3) is 2.91. The highest BCUT2D eigenvalue weighted by Crippen LogP contribution is 2.30. The molecule has 1 saturated heterocycles. The number of carbonyl (C=O) groups is 1. The molecule has 4 heteroatoms. The summed E-state index contributed by atoms with van der Waals surface area (Å²) >= 11 is 0. The second-order valence-electron chi connectivity index (χ2n) is 5.07. The molecule has 1 fully saturated rings. The minimum absolute atomic E-state index is 0.119. The Morgan fingerprint density at radius 3 is 2.89 bits per heavy atom. The van der Waals surface area contributed by atoms with Crippen LogP contribution in [0.2, 0.25) is 0 Å². The van der Waals surface area contributed by atoms with Gasteiger partial charge in [0.2, 0.25) is 5.91 Å². The van der Waals surface area contributed by atoms with Crippen molar-refractivity contribution in [3.63, 3.8) is 0 Å². The maximum Gasteiger partial charge on any atom is 0.240 e. The monoisotopic (exact) mass is 248 g/mol. The van der Waals surface area contributed by atoms with Gasteiger partial charge in [-0.1, -0.05) is 11.6 Å². The van der Waals surface area contributed by atoms with Crippen molar-refractivity contribution in [1.29, 1.82) is 5.26 Å². The van der Waals surface area contributed by atoms with E-state index in [1.165, 1.54) is 18.4 Å². The fourth-order valence-corrected chi connectivity index (χ4v) is 2.58. The first-order valence-corrected chi connectivity index (χ1v) is 6.72. The zero-order chi connectivity index (χ0) is 12.8. The SMILES string of the molecule is N#CC1(C(=O)NCCC2=CCCC2)CCOCC1. The predicted octanol–water partition coefficient (Wildman–Crippen LogP) is 1.92. The number of nitrogens with one attached hydrogen (secondary N) is 1. The molecule has 0 atom stereocenters. The Morgan fingerprint density at radius 1 is 1.50 bits per heavy atom. The van der Waals surface area contributed by atoms with Crippen LogP contribution in [0.1, 0.15) is 38.5 Å². The van der Waals surface area contributed by atoms with Gasteiger partial charge in [0, 0.05) is 19.8 Å². The molecule has 0 bridgehead atoms. The Hall–Kier alpha value is -1.34. The van der Waals surface area contributed by atoms with Gasteiger partial charge in [-0.3, -0.25) is 4.79 Å². The van der Waals surface area contributed by atoms with E-state index in [1.807, 2.05) is 0 Å². The molecule has 0 saturated carbocycles. The Morgan fingerprint density at radius 2 is 2.28 bits per heavy atom. The number of nitriles is 1. The van der Waals surface area contributed by atoms with Crippen molar-refractivity contribution >= 4 is 5.91 Å². The summed E-state index contributed by atoms with van der Waals surface area (Å²) in [5.74, 6) is -0.119. The molecule has 0 radical (unpaired) electrons. The number of allylic oxidation sites excluding steroid dienone is 1. The van der Waals surface area contributed by atoms with Gasteiger partial charge in [0.25, 0.3) is 0 Å². The first-order valence-electron chi connectivity index (χ1n) is 6.72. The van der Waals surface area contributed by atoms with Crippen LogP contribution in [0.5, 0.6) is 0 Å². The molecule has 1 aliphatic carbocycles. The topological polar surface area (TPSA) is 62.1 Å². The van der Waals surface area contributed by atoms with E-state index in [0.717, 1.165) is 12.8 Å². The maximum atomic E-state index is 12.1. The summed E-state index contributed by atoms with van der Waals surface area (Å²) in [6, 6.07) is 2.19. The average molecular weight is 248 g/mol. The molecule has 0 aromatic rings. The highest BCUT2D eigenvalue weighted by Gasteiger charge is 2.40. The van der Waals surface area contributed by atoms with Crippen molar-refractivity contribution < 1.29 is 9.53 Å². The number of hydrogen-bond donors (Lipinski definition) is 1. The molecule has 18 heavy (non-hydrogen) atoms. The third-order valence-electron chi connectivity index (χ3n) is 3.86. The third-order valence-corrected chi connectivity index (χ3v) is 3.86. The summed E-state index contributed by atoms with van der Waals surface area (Å²) in [4.78, 5) is 12.1. The molecule has 1 amide bonds. The van der Waals surface area contributed by atoms with Crippen LogP contribution < -0.4 is 5.32 Å². The van der Waals surface area contributed by atoms with E-state index < -0.39 is 5.41 Å². The van der Waals surface area contributed by atoms with Gasteiger partial charge in [-0.05, 0) is 38.5 Å². The zero-order valence-corrected chi connectivity index (χ0v) is 10.7. The Labute approximate surface area is 108 Å². The van der Waals surface area contributed by atoms with E-state index in [-0.39, 0.29) is 5.91 Å². The zero-order valence-electron chi connectivity index (χ0n) is 10.7. The largest absolute Gasteiger partial charge is 0.381 e. The van der Waals surface area contributed by atoms with E-state index >= 15 is 0 Å². The summed E-state index contributed by atoms with van der Waals surface area (Å²) in [6.45, 7) is 1.66. The minimum atomic E-state index is -0.859. The molecule has 1 N–H and O–H groups in total. The van der Waals surface area contributed by atoms with Crippen LogP contribution in [0.15, 0.2) is 11.6 Å². The highest BCUT2D eigenvalue weighted by molar-refractivity contribution is 5.85.